The second kappa shape index (κ2) is 6.00. The number of hydrogen-bond donors (Lipinski definition) is 1. The van der Waals surface area contributed by atoms with Crippen LogP contribution in [-0.4, -0.2) is 39.2 Å². The number of piperidine rings is 1. The van der Waals surface area contributed by atoms with E-state index in [1.807, 2.05) is 50.5 Å². The van der Waals surface area contributed by atoms with E-state index in [4.69, 9.17) is 4.74 Å². The Morgan fingerprint density at radius 3 is 2.54 bits per heavy atom. The van der Waals surface area contributed by atoms with Gasteiger partial charge in [0, 0.05) is 19.1 Å². The van der Waals surface area contributed by atoms with E-state index in [-0.39, 0.29) is 17.8 Å². The number of amides is 1. The maximum atomic E-state index is 12.4. The topological polar surface area (TPSA) is 67.3 Å². The highest BCUT2D eigenvalue weighted by Gasteiger charge is 2.29. The smallest absolute Gasteiger partial charge is 0.410 e. The van der Waals surface area contributed by atoms with Crippen LogP contribution in [0.4, 0.5) is 4.79 Å². The van der Waals surface area contributed by atoms with E-state index in [0.29, 0.717) is 13.1 Å². The molecule has 0 aliphatic carbocycles. The summed E-state index contributed by atoms with van der Waals surface area (Å²) in [7, 11) is 0. The lowest BCUT2D eigenvalue weighted by atomic mass is 10.0. The van der Waals surface area contributed by atoms with E-state index in [1.165, 1.54) is 0 Å². The van der Waals surface area contributed by atoms with Crippen LogP contribution in [0.5, 0.6) is 0 Å². The number of para-hydroxylation sites is 1. The Kier molecular flexibility index (Phi) is 4.15. The summed E-state index contributed by atoms with van der Waals surface area (Å²) in [6, 6.07) is 5.99. The molecular weight excluding hydrogens is 306 g/mol. The molecule has 0 atom stereocenters. The number of ether oxygens (including phenoxy) is 1. The van der Waals surface area contributed by atoms with E-state index >= 15 is 0 Å². The van der Waals surface area contributed by atoms with Crippen LogP contribution >= 0.6 is 0 Å². The SMILES string of the molecule is Cc1cccc2[nH]c(=O)n(C3CCN(C(=O)OC(C)(C)C)CC3)c12. The van der Waals surface area contributed by atoms with Crippen LogP contribution < -0.4 is 5.69 Å². The van der Waals surface area contributed by atoms with Gasteiger partial charge in [-0.1, -0.05) is 12.1 Å². The van der Waals surface area contributed by atoms with Gasteiger partial charge in [-0.3, -0.25) is 4.57 Å². The Balaban J connectivity index is 1.77. The van der Waals surface area contributed by atoms with Gasteiger partial charge in [0.05, 0.1) is 11.0 Å². The van der Waals surface area contributed by atoms with Gasteiger partial charge < -0.3 is 14.6 Å². The number of carbonyl (C=O) groups excluding carboxylic acids is 1. The molecule has 3 rings (SSSR count). The minimum atomic E-state index is -0.487. The summed E-state index contributed by atoms with van der Waals surface area (Å²) in [5.74, 6) is 0. The fourth-order valence-electron chi connectivity index (χ4n) is 3.34. The van der Waals surface area contributed by atoms with E-state index in [9.17, 15) is 9.59 Å². The van der Waals surface area contributed by atoms with Gasteiger partial charge in [0.15, 0.2) is 0 Å². The third-order valence-electron chi connectivity index (χ3n) is 4.42. The number of H-pyrrole nitrogens is 1. The molecule has 1 aliphatic rings. The Hall–Kier alpha value is -2.24. The molecule has 2 heterocycles. The number of aromatic amines is 1. The van der Waals surface area contributed by atoms with Gasteiger partial charge in [-0.2, -0.15) is 0 Å². The molecular formula is C18H25N3O3. The Bertz CT molecular complexity index is 805. The Morgan fingerprint density at radius 1 is 1.25 bits per heavy atom. The van der Waals surface area contributed by atoms with E-state index in [1.54, 1.807) is 4.90 Å². The molecule has 1 aliphatic heterocycles. The van der Waals surface area contributed by atoms with Crippen LogP contribution in [0, 0.1) is 6.92 Å². The monoisotopic (exact) mass is 331 g/mol. The number of aromatic nitrogens is 2. The van der Waals surface area contributed by atoms with Crippen LogP contribution in [0.15, 0.2) is 23.0 Å². The number of fused-ring (bicyclic) bond motifs is 1. The van der Waals surface area contributed by atoms with Gasteiger partial charge >= 0.3 is 11.8 Å². The first-order valence-electron chi connectivity index (χ1n) is 8.44. The molecule has 130 valence electrons. The predicted octanol–water partition coefficient (Wildman–Crippen LogP) is 3.21. The molecule has 0 radical (unpaired) electrons. The maximum absolute atomic E-state index is 12.4. The van der Waals surface area contributed by atoms with Crippen molar-refractivity contribution in [2.45, 2.75) is 52.2 Å². The number of nitrogens with zero attached hydrogens (tertiary/aromatic N) is 2. The van der Waals surface area contributed by atoms with Crippen molar-refractivity contribution >= 4 is 17.1 Å². The van der Waals surface area contributed by atoms with E-state index in [2.05, 4.69) is 4.98 Å². The summed E-state index contributed by atoms with van der Waals surface area (Å²) in [4.78, 5) is 29.2. The average molecular weight is 331 g/mol. The maximum Gasteiger partial charge on any atom is 0.410 e. The summed E-state index contributed by atoms with van der Waals surface area (Å²) in [6.45, 7) is 8.82. The number of likely N-dealkylation sites (tertiary alicyclic amines) is 1. The largest absolute Gasteiger partial charge is 0.444 e. The van der Waals surface area contributed by atoms with Gasteiger partial charge in [-0.15, -0.1) is 0 Å². The molecule has 0 saturated carbocycles. The van der Waals surface area contributed by atoms with Gasteiger partial charge in [-0.25, -0.2) is 9.59 Å². The molecule has 1 N–H and O–H groups in total. The third-order valence-corrected chi connectivity index (χ3v) is 4.42. The first-order chi connectivity index (χ1) is 11.3. The molecule has 24 heavy (non-hydrogen) atoms. The van der Waals surface area contributed by atoms with Crippen molar-refractivity contribution in [3.8, 4) is 0 Å². The number of nitrogens with one attached hydrogen (secondary N) is 1. The van der Waals surface area contributed by atoms with Crippen molar-refractivity contribution in [3.05, 3.63) is 34.2 Å². The summed E-state index contributed by atoms with van der Waals surface area (Å²) in [5, 5.41) is 0. The number of benzene rings is 1. The van der Waals surface area contributed by atoms with Crippen LogP contribution in [-0.2, 0) is 4.74 Å². The highest BCUT2D eigenvalue weighted by molar-refractivity contribution is 5.79. The average Bonchev–Trinajstić information content (AvgIpc) is 2.83. The Labute approximate surface area is 141 Å². The minimum absolute atomic E-state index is 0.0741. The van der Waals surface area contributed by atoms with Crippen LogP contribution in [0.1, 0.15) is 45.2 Å². The standard InChI is InChI=1S/C18H25N3O3/c1-12-6-5-7-14-15(12)21(16(22)19-14)13-8-10-20(11-9-13)17(23)24-18(2,3)4/h5-7,13H,8-11H2,1-4H3,(H,19,22). The predicted molar refractivity (Wildman–Crippen MR) is 93.4 cm³/mol. The fourth-order valence-corrected chi connectivity index (χ4v) is 3.34. The molecule has 0 unspecified atom stereocenters. The highest BCUT2D eigenvalue weighted by atomic mass is 16.6. The molecule has 2 aromatic rings. The molecule has 0 bridgehead atoms. The van der Waals surface area contributed by atoms with Gasteiger partial charge in [0.1, 0.15) is 5.60 Å². The summed E-state index contributed by atoms with van der Waals surface area (Å²) >= 11 is 0. The van der Waals surface area contributed by atoms with Crippen molar-refractivity contribution in [2.75, 3.05) is 13.1 Å². The first kappa shape index (κ1) is 16.6. The van der Waals surface area contributed by atoms with E-state index in [0.717, 1.165) is 29.4 Å². The van der Waals surface area contributed by atoms with Crippen LogP contribution in [0.2, 0.25) is 0 Å². The molecule has 1 saturated heterocycles. The van der Waals surface area contributed by atoms with Crippen LogP contribution in [0.3, 0.4) is 0 Å². The lowest BCUT2D eigenvalue weighted by Gasteiger charge is -2.33. The van der Waals surface area contributed by atoms with Gasteiger partial charge in [0.25, 0.3) is 0 Å². The number of hydrogen-bond acceptors (Lipinski definition) is 3. The third kappa shape index (κ3) is 3.18. The van der Waals surface area contributed by atoms with E-state index < -0.39 is 5.60 Å². The van der Waals surface area contributed by atoms with Gasteiger partial charge in [0.2, 0.25) is 0 Å². The van der Waals surface area contributed by atoms with Crippen molar-refractivity contribution in [1.82, 2.24) is 14.5 Å². The number of imidazole rings is 1. The fraction of sp³-hybridized carbons (Fsp3) is 0.556. The second-order valence-electron chi connectivity index (χ2n) is 7.47. The normalized spacial score (nSPS) is 16.6. The molecule has 1 fully saturated rings. The zero-order valence-corrected chi connectivity index (χ0v) is 14.8. The zero-order chi connectivity index (χ0) is 17.5. The second-order valence-corrected chi connectivity index (χ2v) is 7.47. The summed E-state index contributed by atoms with van der Waals surface area (Å²) in [6.07, 6.45) is 1.23. The first-order valence-corrected chi connectivity index (χ1v) is 8.44. The summed E-state index contributed by atoms with van der Waals surface area (Å²) < 4.78 is 7.29. The molecule has 6 heteroatoms. The number of carbonyl (C=O) groups is 1. The molecule has 6 nitrogen and oxygen atoms in total. The number of rotatable bonds is 1. The molecule has 1 aromatic carbocycles. The van der Waals surface area contributed by atoms with Gasteiger partial charge in [-0.05, 0) is 52.2 Å². The van der Waals surface area contributed by atoms with Crippen molar-refractivity contribution in [2.24, 2.45) is 0 Å². The van der Waals surface area contributed by atoms with Crippen LogP contribution in [0.25, 0.3) is 11.0 Å². The zero-order valence-electron chi connectivity index (χ0n) is 14.8. The minimum Gasteiger partial charge on any atom is -0.444 e. The van der Waals surface area contributed by atoms with Crippen molar-refractivity contribution in [1.29, 1.82) is 0 Å². The quantitative estimate of drug-likeness (QED) is 0.872. The molecule has 1 aromatic heterocycles. The highest BCUT2D eigenvalue weighted by Crippen LogP contribution is 2.27. The Morgan fingerprint density at radius 2 is 1.92 bits per heavy atom. The van der Waals surface area contributed by atoms with Crippen molar-refractivity contribution in [3.63, 3.8) is 0 Å². The summed E-state index contributed by atoms with van der Waals surface area (Å²) in [5.41, 5.74) is 2.36. The molecule has 0 spiro atoms. The lowest BCUT2D eigenvalue weighted by Crippen LogP contribution is -2.43. The molecule has 1 amide bonds. The lowest BCUT2D eigenvalue weighted by molar-refractivity contribution is 0.0189. The van der Waals surface area contributed by atoms with Crippen molar-refractivity contribution < 1.29 is 9.53 Å². The number of aryl methyl sites for hydroxylation is 1.